The largest absolute Gasteiger partial charge is 0.360 e. The first-order chi connectivity index (χ1) is 15.3. The number of hydrogen-bond donors (Lipinski definition) is 2. The Hall–Kier alpha value is -3.02. The normalized spacial score (nSPS) is 20.6. The van der Waals surface area contributed by atoms with Gasteiger partial charge in [0.1, 0.15) is 16.6 Å². The number of aromatic nitrogens is 1. The zero-order chi connectivity index (χ0) is 22.6. The SMILES string of the molecule is Cc1noc(C)c1S(=O)(=O)N[C@@H]1CCN2C(=O)c3cc(-c4ccsc4)ccc3NC(=O)[C@H]12. The first kappa shape index (κ1) is 20.9. The number of hydrogen-bond acceptors (Lipinski definition) is 7. The van der Waals surface area contributed by atoms with E-state index in [1.807, 2.05) is 22.9 Å². The van der Waals surface area contributed by atoms with Gasteiger partial charge in [0.05, 0.1) is 17.3 Å². The average Bonchev–Trinajstić information content (AvgIpc) is 3.46. The van der Waals surface area contributed by atoms with Crippen molar-refractivity contribution >= 4 is 38.9 Å². The lowest BCUT2D eigenvalue weighted by Gasteiger charge is -2.24. The Labute approximate surface area is 188 Å². The summed E-state index contributed by atoms with van der Waals surface area (Å²) in [5.74, 6) is -0.566. The molecule has 1 saturated heterocycles. The predicted molar refractivity (Wildman–Crippen MR) is 118 cm³/mol. The highest BCUT2D eigenvalue weighted by atomic mass is 32.2. The van der Waals surface area contributed by atoms with Gasteiger partial charge in [0.2, 0.25) is 15.9 Å². The highest BCUT2D eigenvalue weighted by Crippen LogP contribution is 2.33. The van der Waals surface area contributed by atoms with E-state index in [-0.39, 0.29) is 28.8 Å². The number of rotatable bonds is 4. The molecule has 2 amide bonds. The predicted octanol–water partition coefficient (Wildman–Crippen LogP) is 2.53. The Morgan fingerprint density at radius 3 is 2.72 bits per heavy atom. The smallest absolute Gasteiger partial charge is 0.256 e. The van der Waals surface area contributed by atoms with Gasteiger partial charge in [0.25, 0.3) is 5.91 Å². The standard InChI is InChI=1S/C21H20N4O5S2/c1-11-19(12(2)30-23-11)32(28,29)24-17-5-7-25-18(17)20(26)22-16-4-3-13(9-15(16)21(25)27)14-6-8-31-10-14/h3-4,6,8-10,17-18,24H,5,7H2,1-2H3,(H,22,26)/t17-,18+/m1/s1. The molecule has 2 N–H and O–H groups in total. The molecule has 32 heavy (non-hydrogen) atoms. The molecule has 2 aliphatic heterocycles. The third-order valence-electron chi connectivity index (χ3n) is 5.83. The summed E-state index contributed by atoms with van der Waals surface area (Å²) in [5, 5.41) is 10.4. The fourth-order valence-corrected chi connectivity index (χ4v) is 6.65. The van der Waals surface area contributed by atoms with Crippen LogP contribution in [0.5, 0.6) is 0 Å². The zero-order valence-electron chi connectivity index (χ0n) is 17.3. The van der Waals surface area contributed by atoms with Crippen LogP contribution in [0.2, 0.25) is 0 Å². The fourth-order valence-electron chi connectivity index (χ4n) is 4.38. The minimum absolute atomic E-state index is 0.0417. The van der Waals surface area contributed by atoms with Crippen molar-refractivity contribution in [3.8, 4) is 11.1 Å². The van der Waals surface area contributed by atoms with Crippen LogP contribution in [-0.2, 0) is 14.8 Å². The third-order valence-corrected chi connectivity index (χ3v) is 8.25. The van der Waals surface area contributed by atoms with Crippen LogP contribution in [0.25, 0.3) is 11.1 Å². The molecule has 11 heteroatoms. The fraction of sp³-hybridized carbons (Fsp3) is 0.286. The van der Waals surface area contributed by atoms with E-state index in [1.54, 1.807) is 23.5 Å². The lowest BCUT2D eigenvalue weighted by molar-refractivity contribution is -0.120. The van der Waals surface area contributed by atoms with E-state index in [1.165, 1.54) is 18.7 Å². The summed E-state index contributed by atoms with van der Waals surface area (Å²) >= 11 is 1.56. The quantitative estimate of drug-likeness (QED) is 0.602. The van der Waals surface area contributed by atoms with Gasteiger partial charge in [-0.25, -0.2) is 13.1 Å². The molecule has 4 heterocycles. The van der Waals surface area contributed by atoms with Crippen LogP contribution in [0.1, 0.15) is 28.2 Å². The number of carbonyl (C=O) groups is 2. The van der Waals surface area contributed by atoms with Crippen molar-refractivity contribution in [3.05, 3.63) is 52.0 Å². The Morgan fingerprint density at radius 1 is 1.22 bits per heavy atom. The van der Waals surface area contributed by atoms with Gasteiger partial charge in [0.15, 0.2) is 5.76 Å². The van der Waals surface area contributed by atoms with Crippen molar-refractivity contribution in [1.82, 2.24) is 14.8 Å². The molecular formula is C21H20N4O5S2. The second kappa shape index (κ2) is 7.54. The molecular weight excluding hydrogens is 452 g/mol. The molecule has 0 unspecified atom stereocenters. The molecule has 1 fully saturated rings. The lowest BCUT2D eigenvalue weighted by atomic mass is 10.0. The monoisotopic (exact) mass is 472 g/mol. The number of carbonyl (C=O) groups excluding carboxylic acids is 2. The molecule has 0 spiro atoms. The molecule has 9 nitrogen and oxygen atoms in total. The van der Waals surface area contributed by atoms with E-state index in [2.05, 4.69) is 15.2 Å². The van der Waals surface area contributed by atoms with E-state index in [4.69, 9.17) is 4.52 Å². The van der Waals surface area contributed by atoms with Crippen molar-refractivity contribution in [3.63, 3.8) is 0 Å². The maximum atomic E-state index is 13.4. The molecule has 2 aliphatic rings. The van der Waals surface area contributed by atoms with Crippen LogP contribution in [0, 0.1) is 13.8 Å². The van der Waals surface area contributed by atoms with Gasteiger partial charge in [-0.1, -0.05) is 11.2 Å². The van der Waals surface area contributed by atoms with Crippen molar-refractivity contribution in [2.24, 2.45) is 0 Å². The molecule has 2 atom stereocenters. The van der Waals surface area contributed by atoms with Crippen molar-refractivity contribution in [1.29, 1.82) is 0 Å². The van der Waals surface area contributed by atoms with Gasteiger partial charge < -0.3 is 14.7 Å². The van der Waals surface area contributed by atoms with E-state index in [0.717, 1.165) is 11.1 Å². The van der Waals surface area contributed by atoms with Crippen LogP contribution in [0.15, 0.2) is 44.4 Å². The second-order valence-electron chi connectivity index (χ2n) is 7.87. The summed E-state index contributed by atoms with van der Waals surface area (Å²) in [6, 6.07) is 5.55. The summed E-state index contributed by atoms with van der Waals surface area (Å²) in [4.78, 5) is 27.8. The molecule has 166 valence electrons. The number of fused-ring (bicyclic) bond motifs is 2. The highest BCUT2D eigenvalue weighted by molar-refractivity contribution is 7.89. The molecule has 0 bridgehead atoms. The van der Waals surface area contributed by atoms with Gasteiger partial charge >= 0.3 is 0 Å². The van der Waals surface area contributed by atoms with Crippen molar-refractivity contribution < 1.29 is 22.5 Å². The van der Waals surface area contributed by atoms with Crippen LogP contribution >= 0.6 is 11.3 Å². The van der Waals surface area contributed by atoms with E-state index >= 15 is 0 Å². The van der Waals surface area contributed by atoms with Gasteiger partial charge in [0, 0.05) is 6.54 Å². The number of benzene rings is 1. The van der Waals surface area contributed by atoms with Crippen molar-refractivity contribution in [2.45, 2.75) is 37.2 Å². The van der Waals surface area contributed by atoms with Gasteiger partial charge in [-0.3, -0.25) is 9.59 Å². The van der Waals surface area contributed by atoms with E-state index in [0.29, 0.717) is 17.7 Å². The molecule has 0 aliphatic carbocycles. The summed E-state index contributed by atoms with van der Waals surface area (Å²) < 4.78 is 33.6. The molecule has 0 saturated carbocycles. The van der Waals surface area contributed by atoms with E-state index < -0.39 is 28.0 Å². The molecule has 5 rings (SSSR count). The lowest BCUT2D eigenvalue weighted by Crippen LogP contribution is -2.51. The van der Waals surface area contributed by atoms with Crippen LogP contribution < -0.4 is 10.0 Å². The number of aryl methyl sites for hydroxylation is 2. The van der Waals surface area contributed by atoms with E-state index in [9.17, 15) is 18.0 Å². The molecule has 3 aromatic rings. The molecule has 1 aromatic carbocycles. The molecule has 2 aromatic heterocycles. The number of anilines is 1. The Kier molecular flexibility index (Phi) is 4.91. The Bertz CT molecular complexity index is 1310. The van der Waals surface area contributed by atoms with Gasteiger partial charge in [-0.15, -0.1) is 0 Å². The summed E-state index contributed by atoms with van der Waals surface area (Å²) in [5.41, 5.74) is 2.91. The number of nitrogens with one attached hydrogen (secondary N) is 2. The first-order valence-electron chi connectivity index (χ1n) is 10.00. The number of sulfonamides is 1. The summed E-state index contributed by atoms with van der Waals surface area (Å²) in [6.45, 7) is 3.31. The minimum atomic E-state index is -3.99. The van der Waals surface area contributed by atoms with Crippen LogP contribution in [-0.4, -0.2) is 48.9 Å². The third kappa shape index (κ3) is 3.33. The van der Waals surface area contributed by atoms with Crippen molar-refractivity contribution in [2.75, 3.05) is 11.9 Å². The number of amides is 2. The Balaban J connectivity index is 1.47. The highest BCUT2D eigenvalue weighted by Gasteiger charge is 2.46. The number of nitrogens with zero attached hydrogens (tertiary/aromatic N) is 2. The maximum Gasteiger partial charge on any atom is 0.256 e. The van der Waals surface area contributed by atoms with Gasteiger partial charge in [-0.2, -0.15) is 11.3 Å². The molecule has 0 radical (unpaired) electrons. The zero-order valence-corrected chi connectivity index (χ0v) is 18.9. The summed E-state index contributed by atoms with van der Waals surface area (Å²) in [7, 11) is -3.99. The Morgan fingerprint density at radius 2 is 2.03 bits per heavy atom. The second-order valence-corrected chi connectivity index (χ2v) is 10.3. The minimum Gasteiger partial charge on any atom is -0.360 e. The van der Waals surface area contributed by atoms with Crippen LogP contribution in [0.4, 0.5) is 5.69 Å². The average molecular weight is 473 g/mol. The summed E-state index contributed by atoms with van der Waals surface area (Å²) in [6.07, 6.45) is 0.311. The van der Waals surface area contributed by atoms with Gasteiger partial charge in [-0.05, 0) is 60.4 Å². The first-order valence-corrected chi connectivity index (χ1v) is 12.4. The number of thiophene rings is 1. The maximum absolute atomic E-state index is 13.4. The topological polar surface area (TPSA) is 122 Å². The van der Waals surface area contributed by atoms with Crippen LogP contribution in [0.3, 0.4) is 0 Å².